The van der Waals surface area contributed by atoms with Crippen molar-refractivity contribution >= 4 is 17.5 Å². The van der Waals surface area contributed by atoms with E-state index < -0.39 is 23.3 Å². The standard InChI is InChI=1S/C14H10O5/c1-3-5-8-7(4-2)11(15)9-6-10(14(17)18)19-13(9)12(8)16/h3-6H,1H2,2H3,(H,17,18)/b7-4+,8-5+. The van der Waals surface area contributed by atoms with Crippen LogP contribution in [0.2, 0.25) is 0 Å². The molecule has 1 aromatic rings. The zero-order chi connectivity index (χ0) is 14.2. The number of allylic oxidation sites excluding steroid dienone is 5. The molecule has 1 aromatic heterocycles. The highest BCUT2D eigenvalue weighted by atomic mass is 16.4. The van der Waals surface area contributed by atoms with E-state index in [0.717, 1.165) is 6.07 Å². The van der Waals surface area contributed by atoms with Crippen LogP contribution in [0.15, 0.2) is 46.4 Å². The van der Waals surface area contributed by atoms with Crippen molar-refractivity contribution in [1.82, 2.24) is 0 Å². The van der Waals surface area contributed by atoms with Gasteiger partial charge in [-0.2, -0.15) is 0 Å². The van der Waals surface area contributed by atoms with Crippen molar-refractivity contribution < 1.29 is 23.9 Å². The van der Waals surface area contributed by atoms with Gasteiger partial charge in [0.05, 0.1) is 5.56 Å². The molecule has 5 heteroatoms. The van der Waals surface area contributed by atoms with Crippen LogP contribution in [0.25, 0.3) is 0 Å². The minimum absolute atomic E-state index is 0.0169. The predicted molar refractivity (Wildman–Crippen MR) is 66.4 cm³/mol. The Bertz CT molecular complexity index is 670. The average molecular weight is 258 g/mol. The predicted octanol–water partition coefficient (Wildman–Crippen LogP) is 2.42. The number of furan rings is 1. The molecule has 5 nitrogen and oxygen atoms in total. The summed E-state index contributed by atoms with van der Waals surface area (Å²) < 4.78 is 4.95. The second-order valence-corrected chi connectivity index (χ2v) is 3.84. The Morgan fingerprint density at radius 3 is 2.53 bits per heavy atom. The molecule has 0 aromatic carbocycles. The molecule has 1 N–H and O–H groups in total. The van der Waals surface area contributed by atoms with E-state index in [0.29, 0.717) is 0 Å². The first-order valence-electron chi connectivity index (χ1n) is 5.47. The quantitative estimate of drug-likeness (QED) is 0.823. The maximum absolute atomic E-state index is 12.2. The SMILES string of the molecule is C=C/C=C1/C(=O)c2oc(C(=O)O)cc2C(=O)/C1=C/C. The van der Waals surface area contributed by atoms with Gasteiger partial charge in [-0.05, 0) is 6.92 Å². The van der Waals surface area contributed by atoms with Gasteiger partial charge >= 0.3 is 5.97 Å². The molecule has 0 unspecified atom stereocenters. The van der Waals surface area contributed by atoms with E-state index in [9.17, 15) is 14.4 Å². The number of Topliss-reactive ketones (excluding diaryl/α,β-unsaturated/α-hetero) is 2. The fourth-order valence-corrected chi connectivity index (χ4v) is 1.92. The molecule has 0 amide bonds. The van der Waals surface area contributed by atoms with Crippen molar-refractivity contribution in [3.8, 4) is 0 Å². The lowest BCUT2D eigenvalue weighted by atomic mass is 9.86. The van der Waals surface area contributed by atoms with Crippen LogP contribution in [-0.2, 0) is 0 Å². The lowest BCUT2D eigenvalue weighted by Crippen LogP contribution is -2.21. The summed E-state index contributed by atoms with van der Waals surface area (Å²) in [5.41, 5.74) is 0.355. The maximum Gasteiger partial charge on any atom is 0.371 e. The molecule has 1 heterocycles. The van der Waals surface area contributed by atoms with Crippen LogP contribution >= 0.6 is 0 Å². The molecule has 19 heavy (non-hydrogen) atoms. The molecule has 0 aliphatic heterocycles. The van der Waals surface area contributed by atoms with E-state index in [1.165, 1.54) is 18.2 Å². The average Bonchev–Trinajstić information content (AvgIpc) is 2.82. The Hall–Kier alpha value is -2.69. The van der Waals surface area contributed by atoms with E-state index in [1.807, 2.05) is 0 Å². The van der Waals surface area contributed by atoms with Crippen molar-refractivity contribution in [2.45, 2.75) is 6.92 Å². The highest BCUT2D eigenvalue weighted by Crippen LogP contribution is 2.31. The Balaban J connectivity index is 2.71. The molecule has 0 saturated carbocycles. The molecule has 0 atom stereocenters. The number of hydrogen-bond acceptors (Lipinski definition) is 4. The maximum atomic E-state index is 12.2. The highest BCUT2D eigenvalue weighted by molar-refractivity contribution is 6.30. The van der Waals surface area contributed by atoms with Gasteiger partial charge in [0.1, 0.15) is 0 Å². The number of carboxylic acid groups (broad SMARTS) is 1. The summed E-state index contributed by atoms with van der Waals surface area (Å²) in [6.07, 6.45) is 4.30. The summed E-state index contributed by atoms with van der Waals surface area (Å²) in [6.45, 7) is 5.11. The normalized spacial score (nSPS) is 18.8. The van der Waals surface area contributed by atoms with Crippen LogP contribution in [0.5, 0.6) is 0 Å². The Kier molecular flexibility index (Phi) is 3.04. The van der Waals surface area contributed by atoms with E-state index in [-0.39, 0.29) is 22.5 Å². The molecule has 96 valence electrons. The van der Waals surface area contributed by atoms with Gasteiger partial charge in [0.2, 0.25) is 11.5 Å². The molecule has 0 bridgehead atoms. The first kappa shape index (κ1) is 12.8. The van der Waals surface area contributed by atoms with Gasteiger partial charge in [-0.3, -0.25) is 9.59 Å². The van der Waals surface area contributed by atoms with Gasteiger partial charge in [-0.15, -0.1) is 0 Å². The number of carbonyl (C=O) groups excluding carboxylic acids is 2. The van der Waals surface area contributed by atoms with Gasteiger partial charge in [-0.1, -0.05) is 24.8 Å². The number of carbonyl (C=O) groups is 3. The molecule has 0 fully saturated rings. The zero-order valence-corrected chi connectivity index (χ0v) is 10.1. The third-order valence-electron chi connectivity index (χ3n) is 2.75. The third-order valence-corrected chi connectivity index (χ3v) is 2.75. The van der Waals surface area contributed by atoms with E-state index in [4.69, 9.17) is 9.52 Å². The Morgan fingerprint density at radius 1 is 1.32 bits per heavy atom. The van der Waals surface area contributed by atoms with E-state index in [1.54, 1.807) is 6.92 Å². The van der Waals surface area contributed by atoms with Crippen molar-refractivity contribution in [1.29, 1.82) is 0 Å². The molecule has 0 radical (unpaired) electrons. The van der Waals surface area contributed by atoms with Crippen molar-refractivity contribution in [3.05, 3.63) is 59.1 Å². The molecular weight excluding hydrogens is 248 g/mol. The second-order valence-electron chi connectivity index (χ2n) is 3.84. The van der Waals surface area contributed by atoms with Crippen LogP contribution in [0, 0.1) is 0 Å². The Morgan fingerprint density at radius 2 is 2.00 bits per heavy atom. The third kappa shape index (κ3) is 1.85. The largest absolute Gasteiger partial charge is 0.475 e. The van der Waals surface area contributed by atoms with Crippen LogP contribution in [-0.4, -0.2) is 22.6 Å². The molecule has 2 rings (SSSR count). The minimum Gasteiger partial charge on any atom is -0.475 e. The molecule has 1 aliphatic carbocycles. The van der Waals surface area contributed by atoms with Crippen LogP contribution < -0.4 is 0 Å². The molecular formula is C14H10O5. The number of carboxylic acids is 1. The van der Waals surface area contributed by atoms with E-state index >= 15 is 0 Å². The smallest absolute Gasteiger partial charge is 0.371 e. The first-order chi connectivity index (χ1) is 9.01. The number of hydrogen-bond donors (Lipinski definition) is 1. The number of fused-ring (bicyclic) bond motifs is 1. The number of ketones is 2. The van der Waals surface area contributed by atoms with Gasteiger partial charge in [0.15, 0.2) is 11.5 Å². The summed E-state index contributed by atoms with van der Waals surface area (Å²) >= 11 is 0. The fraction of sp³-hybridized carbons (Fsp3) is 0.0714. The summed E-state index contributed by atoms with van der Waals surface area (Å²) in [5.74, 6) is -2.94. The molecule has 0 spiro atoms. The summed E-state index contributed by atoms with van der Waals surface area (Å²) in [4.78, 5) is 35.2. The van der Waals surface area contributed by atoms with E-state index in [2.05, 4.69) is 6.58 Å². The van der Waals surface area contributed by atoms with Gasteiger partial charge < -0.3 is 9.52 Å². The van der Waals surface area contributed by atoms with Crippen molar-refractivity contribution in [2.24, 2.45) is 0 Å². The van der Waals surface area contributed by atoms with Crippen LogP contribution in [0.3, 0.4) is 0 Å². The van der Waals surface area contributed by atoms with Gasteiger partial charge in [0.25, 0.3) is 0 Å². The van der Waals surface area contributed by atoms with Gasteiger partial charge in [-0.25, -0.2) is 4.79 Å². The molecule has 0 saturated heterocycles. The lowest BCUT2D eigenvalue weighted by molar-refractivity contribution is 0.0660. The first-order valence-corrected chi connectivity index (χ1v) is 5.47. The summed E-state index contributed by atoms with van der Waals surface area (Å²) in [7, 11) is 0. The molecule has 1 aliphatic rings. The summed E-state index contributed by atoms with van der Waals surface area (Å²) in [6, 6.07) is 1.08. The minimum atomic E-state index is -1.33. The Labute approximate surface area is 108 Å². The zero-order valence-electron chi connectivity index (χ0n) is 10.1. The summed E-state index contributed by atoms with van der Waals surface area (Å²) in [5, 5.41) is 8.84. The lowest BCUT2D eigenvalue weighted by Gasteiger charge is -2.14. The monoisotopic (exact) mass is 258 g/mol. The van der Waals surface area contributed by atoms with Crippen molar-refractivity contribution in [3.63, 3.8) is 0 Å². The topological polar surface area (TPSA) is 84.6 Å². The highest BCUT2D eigenvalue weighted by Gasteiger charge is 2.36. The second kappa shape index (κ2) is 4.53. The van der Waals surface area contributed by atoms with Crippen LogP contribution in [0.4, 0.5) is 0 Å². The number of aromatic carboxylic acids is 1. The van der Waals surface area contributed by atoms with Gasteiger partial charge in [0, 0.05) is 17.2 Å². The van der Waals surface area contributed by atoms with Crippen LogP contribution in [0.1, 0.15) is 38.4 Å². The number of rotatable bonds is 2. The fourth-order valence-electron chi connectivity index (χ4n) is 1.92. The van der Waals surface area contributed by atoms with Crippen molar-refractivity contribution in [2.75, 3.05) is 0 Å².